The number of pyridine rings is 1. The van der Waals surface area contributed by atoms with Crippen LogP contribution in [-0.2, 0) is 0 Å². The minimum atomic E-state index is -0.967. The number of ether oxygens (including phenoxy) is 1. The molecule has 112 valence electrons. The van der Waals surface area contributed by atoms with Crippen molar-refractivity contribution in [2.24, 2.45) is 0 Å². The van der Waals surface area contributed by atoms with E-state index in [4.69, 9.17) is 9.84 Å². The lowest BCUT2D eigenvalue weighted by Gasteiger charge is -2.32. The predicted octanol–water partition coefficient (Wildman–Crippen LogP) is 2.62. The number of aromatic nitrogens is 1. The molecular formula is C15H24N2O3. The first kappa shape index (κ1) is 16.4. The summed E-state index contributed by atoms with van der Waals surface area (Å²) in [5, 5.41) is 9.14. The fraction of sp³-hybridized carbons (Fsp3) is 0.600. The van der Waals surface area contributed by atoms with Crippen LogP contribution in [0.2, 0.25) is 0 Å². The maximum Gasteiger partial charge on any atom is 0.335 e. The molecule has 0 bridgehead atoms. The molecule has 0 aliphatic rings. The van der Waals surface area contributed by atoms with Crippen LogP contribution in [0.3, 0.4) is 0 Å². The van der Waals surface area contributed by atoms with E-state index < -0.39 is 5.97 Å². The highest BCUT2D eigenvalue weighted by molar-refractivity contribution is 5.88. The van der Waals surface area contributed by atoms with Crippen molar-refractivity contribution in [1.29, 1.82) is 0 Å². The molecule has 0 aliphatic carbocycles. The Morgan fingerprint density at radius 2 is 2.00 bits per heavy atom. The van der Waals surface area contributed by atoms with E-state index in [1.165, 1.54) is 6.07 Å². The van der Waals surface area contributed by atoms with E-state index in [9.17, 15) is 4.79 Å². The number of rotatable bonds is 6. The van der Waals surface area contributed by atoms with Gasteiger partial charge in [0.05, 0.1) is 5.56 Å². The van der Waals surface area contributed by atoms with Crippen molar-refractivity contribution < 1.29 is 14.6 Å². The first-order valence-electron chi connectivity index (χ1n) is 6.69. The summed E-state index contributed by atoms with van der Waals surface area (Å²) in [6.45, 7) is 8.49. The van der Waals surface area contributed by atoms with Gasteiger partial charge in [-0.2, -0.15) is 0 Å². The van der Waals surface area contributed by atoms with Gasteiger partial charge >= 0.3 is 5.97 Å². The van der Waals surface area contributed by atoms with Crippen molar-refractivity contribution in [3.63, 3.8) is 0 Å². The van der Waals surface area contributed by atoms with Crippen molar-refractivity contribution in [2.75, 3.05) is 20.7 Å². The molecule has 20 heavy (non-hydrogen) atoms. The first-order chi connectivity index (χ1) is 9.13. The molecule has 0 saturated heterocycles. The Kier molecular flexibility index (Phi) is 5.11. The largest absolute Gasteiger partial charge is 0.478 e. The number of aromatic carboxylic acids is 1. The second-order valence-electron chi connectivity index (χ2n) is 6.07. The average molecular weight is 280 g/mol. The van der Waals surface area contributed by atoms with Crippen LogP contribution in [-0.4, -0.2) is 47.2 Å². The number of hydrogen-bond donors (Lipinski definition) is 1. The SMILES string of the molecule is CC(C)c1cc(C(=O)O)cc(OCC(C)(C)N(C)C)n1. The summed E-state index contributed by atoms with van der Waals surface area (Å²) in [6, 6.07) is 3.07. The van der Waals surface area contributed by atoms with Crippen LogP contribution in [0.5, 0.6) is 5.88 Å². The Morgan fingerprint density at radius 3 is 2.45 bits per heavy atom. The molecule has 0 aliphatic heterocycles. The normalized spacial score (nSPS) is 12.0. The summed E-state index contributed by atoms with van der Waals surface area (Å²) < 4.78 is 5.70. The van der Waals surface area contributed by atoms with Crippen LogP contribution in [0.25, 0.3) is 0 Å². The number of carboxylic acid groups (broad SMARTS) is 1. The summed E-state index contributed by atoms with van der Waals surface area (Å²) in [6.07, 6.45) is 0. The second-order valence-corrected chi connectivity index (χ2v) is 6.07. The lowest BCUT2D eigenvalue weighted by molar-refractivity contribution is 0.0695. The zero-order chi connectivity index (χ0) is 15.5. The maximum atomic E-state index is 11.1. The third-order valence-corrected chi connectivity index (χ3v) is 3.44. The van der Waals surface area contributed by atoms with Crippen molar-refractivity contribution in [3.8, 4) is 5.88 Å². The van der Waals surface area contributed by atoms with Gasteiger partial charge in [-0.1, -0.05) is 13.8 Å². The lowest BCUT2D eigenvalue weighted by atomic mass is 10.1. The van der Waals surface area contributed by atoms with Gasteiger partial charge in [-0.25, -0.2) is 9.78 Å². The van der Waals surface area contributed by atoms with Gasteiger partial charge in [0.1, 0.15) is 6.61 Å². The summed E-state index contributed by atoms with van der Waals surface area (Å²) >= 11 is 0. The highest BCUT2D eigenvalue weighted by Crippen LogP contribution is 2.20. The van der Waals surface area contributed by atoms with E-state index in [1.807, 2.05) is 27.9 Å². The molecule has 1 heterocycles. The van der Waals surface area contributed by atoms with Gasteiger partial charge in [0.25, 0.3) is 0 Å². The van der Waals surface area contributed by atoms with Crippen LogP contribution >= 0.6 is 0 Å². The van der Waals surface area contributed by atoms with Crippen LogP contribution in [0.15, 0.2) is 12.1 Å². The standard InChI is InChI=1S/C15H24N2O3/c1-10(2)12-7-11(14(18)19)8-13(16-12)20-9-15(3,4)17(5)6/h7-8,10H,9H2,1-6H3,(H,18,19). The zero-order valence-corrected chi connectivity index (χ0v) is 13.1. The molecule has 5 nitrogen and oxygen atoms in total. The molecule has 1 rings (SSSR count). The molecule has 1 N–H and O–H groups in total. The second kappa shape index (κ2) is 6.22. The summed E-state index contributed by atoms with van der Waals surface area (Å²) in [5.41, 5.74) is 0.780. The molecule has 1 aromatic heterocycles. The van der Waals surface area contributed by atoms with Gasteiger partial charge in [0, 0.05) is 17.3 Å². The van der Waals surface area contributed by atoms with Gasteiger partial charge in [0.15, 0.2) is 0 Å². The smallest absolute Gasteiger partial charge is 0.335 e. The Labute approximate surface area is 120 Å². The molecule has 0 amide bonds. The molecule has 0 aromatic carbocycles. The van der Waals surface area contributed by atoms with Crippen molar-refractivity contribution in [3.05, 3.63) is 23.4 Å². The lowest BCUT2D eigenvalue weighted by Crippen LogP contribution is -2.43. The molecule has 1 aromatic rings. The van der Waals surface area contributed by atoms with Crippen LogP contribution in [0, 0.1) is 0 Å². The third-order valence-electron chi connectivity index (χ3n) is 3.44. The van der Waals surface area contributed by atoms with Crippen LogP contribution < -0.4 is 4.74 Å². The number of carboxylic acids is 1. The summed E-state index contributed by atoms with van der Waals surface area (Å²) in [4.78, 5) is 17.6. The average Bonchev–Trinajstić information content (AvgIpc) is 2.35. The van der Waals surface area contributed by atoms with Crippen LogP contribution in [0.4, 0.5) is 0 Å². The minimum absolute atomic E-state index is 0.151. The molecule has 0 radical (unpaired) electrons. The highest BCUT2D eigenvalue weighted by atomic mass is 16.5. The Hall–Kier alpha value is -1.62. The Balaban J connectivity index is 2.97. The van der Waals surface area contributed by atoms with Crippen molar-refractivity contribution in [1.82, 2.24) is 9.88 Å². The third kappa shape index (κ3) is 4.20. The molecule has 0 atom stereocenters. The van der Waals surface area contributed by atoms with Crippen molar-refractivity contribution in [2.45, 2.75) is 39.2 Å². The molecule has 0 unspecified atom stereocenters. The van der Waals surface area contributed by atoms with Crippen molar-refractivity contribution >= 4 is 5.97 Å². The van der Waals surface area contributed by atoms with Gasteiger partial charge < -0.3 is 14.7 Å². The molecule has 0 saturated carbocycles. The van der Waals surface area contributed by atoms with Gasteiger partial charge in [0.2, 0.25) is 5.88 Å². The Morgan fingerprint density at radius 1 is 1.40 bits per heavy atom. The number of carbonyl (C=O) groups is 1. The van der Waals surface area contributed by atoms with E-state index in [0.29, 0.717) is 12.5 Å². The maximum absolute atomic E-state index is 11.1. The zero-order valence-electron chi connectivity index (χ0n) is 13.1. The first-order valence-corrected chi connectivity index (χ1v) is 6.69. The predicted molar refractivity (Wildman–Crippen MR) is 78.5 cm³/mol. The highest BCUT2D eigenvalue weighted by Gasteiger charge is 2.22. The Bertz CT molecular complexity index is 482. The number of nitrogens with zero attached hydrogens (tertiary/aromatic N) is 2. The van der Waals surface area contributed by atoms with Crippen LogP contribution in [0.1, 0.15) is 49.7 Å². The number of hydrogen-bond acceptors (Lipinski definition) is 4. The summed E-state index contributed by atoms with van der Waals surface area (Å²) in [5.74, 6) is -0.451. The van der Waals surface area contributed by atoms with Gasteiger partial charge in [-0.3, -0.25) is 0 Å². The van der Waals surface area contributed by atoms with Gasteiger partial charge in [-0.05, 0) is 39.9 Å². The monoisotopic (exact) mass is 280 g/mol. The minimum Gasteiger partial charge on any atom is -0.478 e. The van der Waals surface area contributed by atoms with E-state index >= 15 is 0 Å². The fourth-order valence-electron chi connectivity index (χ4n) is 1.40. The fourth-order valence-corrected chi connectivity index (χ4v) is 1.40. The van der Waals surface area contributed by atoms with E-state index in [0.717, 1.165) is 5.69 Å². The topological polar surface area (TPSA) is 62.7 Å². The van der Waals surface area contributed by atoms with E-state index in [2.05, 4.69) is 23.7 Å². The molecule has 0 spiro atoms. The summed E-state index contributed by atoms with van der Waals surface area (Å²) in [7, 11) is 3.95. The van der Waals surface area contributed by atoms with E-state index in [1.54, 1.807) is 6.07 Å². The molecule has 5 heteroatoms. The molecular weight excluding hydrogens is 256 g/mol. The van der Waals surface area contributed by atoms with Gasteiger partial charge in [-0.15, -0.1) is 0 Å². The quantitative estimate of drug-likeness (QED) is 0.868. The number of likely N-dealkylation sites (N-methyl/N-ethyl adjacent to an activating group) is 1. The molecule has 0 fully saturated rings. The van der Waals surface area contributed by atoms with E-state index in [-0.39, 0.29) is 17.0 Å².